The quantitative estimate of drug-likeness (QED) is 0.204. The Labute approximate surface area is 200 Å². The van der Waals surface area contributed by atoms with Crippen molar-refractivity contribution >= 4 is 51.7 Å². The van der Waals surface area contributed by atoms with Crippen LogP contribution in [0.15, 0.2) is 89.8 Å². The number of para-hydroxylation sites is 1. The van der Waals surface area contributed by atoms with Gasteiger partial charge < -0.3 is 0 Å². The number of fused-ring (bicyclic) bond motifs is 6. The van der Waals surface area contributed by atoms with Crippen molar-refractivity contribution in [1.29, 1.82) is 0 Å². The number of ketones is 2. The molecule has 2 aromatic heterocycles. The van der Waals surface area contributed by atoms with Crippen molar-refractivity contribution in [2.75, 3.05) is 0 Å². The van der Waals surface area contributed by atoms with E-state index in [1.54, 1.807) is 33.9 Å². The first-order valence-corrected chi connectivity index (χ1v) is 13.3. The van der Waals surface area contributed by atoms with Gasteiger partial charge in [-0.25, -0.2) is 0 Å². The van der Waals surface area contributed by atoms with E-state index in [0.717, 1.165) is 30.6 Å². The number of carbonyl (C=O) groups excluding carboxylic acids is 2. The third-order valence-corrected chi connectivity index (χ3v) is 10.4. The van der Waals surface area contributed by atoms with E-state index in [2.05, 4.69) is 47.5 Å². The maximum absolute atomic E-state index is 12.7. The van der Waals surface area contributed by atoms with Crippen molar-refractivity contribution in [2.45, 2.75) is 19.5 Å². The van der Waals surface area contributed by atoms with Gasteiger partial charge in [-0.1, -0.05) is 0 Å². The third kappa shape index (κ3) is 2.86. The summed E-state index contributed by atoms with van der Waals surface area (Å²) >= 11 is -0.388. The normalized spacial score (nSPS) is 17.1. The van der Waals surface area contributed by atoms with Crippen molar-refractivity contribution in [1.82, 2.24) is 9.88 Å². The monoisotopic (exact) mass is 544 g/mol. The second-order valence-corrected chi connectivity index (χ2v) is 11.9. The summed E-state index contributed by atoms with van der Waals surface area (Å²) in [4.78, 5) is 32.6. The van der Waals surface area contributed by atoms with Crippen LogP contribution in [0.5, 0.6) is 0 Å². The number of pyridine rings is 1. The van der Waals surface area contributed by atoms with Crippen LogP contribution in [-0.2, 0) is 13.1 Å². The van der Waals surface area contributed by atoms with Crippen LogP contribution in [0, 0.1) is 0 Å². The van der Waals surface area contributed by atoms with Crippen LogP contribution >= 0.6 is 0 Å². The summed E-state index contributed by atoms with van der Waals surface area (Å²) in [6.45, 7) is 1.90. The van der Waals surface area contributed by atoms with Gasteiger partial charge in [0.25, 0.3) is 0 Å². The van der Waals surface area contributed by atoms with E-state index >= 15 is 0 Å². The molecule has 0 fully saturated rings. The number of hydrogen-bond acceptors (Lipinski definition) is 4. The van der Waals surface area contributed by atoms with Gasteiger partial charge in [-0.3, -0.25) is 0 Å². The fourth-order valence-corrected chi connectivity index (χ4v) is 8.94. The van der Waals surface area contributed by atoms with Crippen LogP contribution in [0.4, 0.5) is 0 Å². The molecule has 0 radical (unpaired) electrons. The number of Topliss-reactive ketones (excluding diaryl/α,β-unsaturated/α-hetero) is 2. The fourth-order valence-electron chi connectivity index (χ4n) is 5.14. The molecule has 0 N–H and O–H groups in total. The molecule has 1 aliphatic heterocycles. The summed E-state index contributed by atoms with van der Waals surface area (Å²) in [5.74, 6) is -0.317. The average Bonchev–Trinajstić information content (AvgIpc) is 3.59. The Morgan fingerprint density at radius 2 is 1.64 bits per heavy atom. The van der Waals surface area contributed by atoms with Gasteiger partial charge in [-0.05, 0) is 0 Å². The number of benzene rings is 2. The topological polar surface area (TPSA) is 50.3 Å². The van der Waals surface area contributed by atoms with Crippen LogP contribution in [-0.4, -0.2) is 41.9 Å². The second kappa shape index (κ2) is 7.12. The van der Waals surface area contributed by atoms with E-state index < -0.39 is 0 Å². The number of hydrogen-bond donors (Lipinski definition) is 0. The minimum atomic E-state index is -0.388. The van der Waals surface area contributed by atoms with Gasteiger partial charge in [-0.2, -0.15) is 0 Å². The summed E-state index contributed by atoms with van der Waals surface area (Å²) in [5.41, 5.74) is 6.17. The first-order valence-electron chi connectivity index (χ1n) is 11.0. The predicted octanol–water partition coefficient (Wildman–Crippen LogP) is 4.98. The average molecular weight is 542 g/mol. The molecule has 33 heavy (non-hydrogen) atoms. The zero-order valence-electron chi connectivity index (χ0n) is 17.7. The van der Waals surface area contributed by atoms with Crippen molar-refractivity contribution in [3.63, 3.8) is 0 Å². The molecule has 3 aliphatic rings. The summed E-state index contributed by atoms with van der Waals surface area (Å²) in [5, 5.41) is 2.67. The molecule has 0 amide bonds. The van der Waals surface area contributed by atoms with Gasteiger partial charge in [-0.15, -0.1) is 0 Å². The molecule has 5 heteroatoms. The molecule has 0 unspecified atom stereocenters. The van der Waals surface area contributed by atoms with Gasteiger partial charge in [0, 0.05) is 0 Å². The third-order valence-electron chi connectivity index (χ3n) is 6.81. The molecular formula is C28H18N2O2Te. The summed E-state index contributed by atoms with van der Waals surface area (Å²) in [6.07, 6.45) is 8.82. The number of nitrogens with zero attached hydrogens (tertiary/aromatic N) is 2. The number of aromatic nitrogens is 1. The molecule has 0 bridgehead atoms. The van der Waals surface area contributed by atoms with E-state index in [0.29, 0.717) is 11.1 Å². The molecular weight excluding hydrogens is 524 g/mol. The molecule has 3 heterocycles. The van der Waals surface area contributed by atoms with Gasteiger partial charge in [0.2, 0.25) is 0 Å². The Kier molecular flexibility index (Phi) is 4.15. The van der Waals surface area contributed by atoms with E-state index in [1.807, 2.05) is 0 Å². The Balaban J connectivity index is 1.12. The van der Waals surface area contributed by atoms with Crippen molar-refractivity contribution < 1.29 is 9.59 Å². The van der Waals surface area contributed by atoms with E-state index in [9.17, 15) is 9.59 Å². The van der Waals surface area contributed by atoms with Crippen LogP contribution in [0.1, 0.15) is 36.3 Å². The summed E-state index contributed by atoms with van der Waals surface area (Å²) in [6, 6.07) is 15.6. The van der Waals surface area contributed by atoms with E-state index in [-0.39, 0.29) is 37.6 Å². The van der Waals surface area contributed by atoms with Gasteiger partial charge in [0.1, 0.15) is 0 Å². The fraction of sp³-hybridized carbons (Fsp3) is 0.107. The molecule has 4 aromatic rings. The van der Waals surface area contributed by atoms with Crippen LogP contribution in [0.2, 0.25) is 0 Å². The zero-order chi connectivity index (χ0) is 22.1. The predicted molar refractivity (Wildman–Crippen MR) is 129 cm³/mol. The Morgan fingerprint density at radius 3 is 2.45 bits per heavy atom. The Bertz CT molecular complexity index is 1600. The molecule has 4 nitrogen and oxygen atoms in total. The van der Waals surface area contributed by atoms with Crippen molar-refractivity contribution in [2.24, 2.45) is 0 Å². The first kappa shape index (κ1) is 19.2. The Hall–Kier alpha value is -3.26. The van der Waals surface area contributed by atoms with Crippen molar-refractivity contribution in [3.8, 4) is 0 Å². The first-order chi connectivity index (χ1) is 16.2. The Morgan fingerprint density at radius 1 is 0.879 bits per heavy atom. The van der Waals surface area contributed by atoms with E-state index in [4.69, 9.17) is 4.98 Å². The molecule has 0 saturated carbocycles. The zero-order valence-corrected chi connectivity index (χ0v) is 20.0. The van der Waals surface area contributed by atoms with E-state index in [1.165, 1.54) is 25.4 Å². The second-order valence-electron chi connectivity index (χ2n) is 8.72. The van der Waals surface area contributed by atoms with Crippen LogP contribution in [0.25, 0.3) is 19.7 Å². The van der Waals surface area contributed by atoms with Crippen LogP contribution < -0.4 is 0 Å². The van der Waals surface area contributed by atoms with Gasteiger partial charge >= 0.3 is 201 Å². The molecule has 7 rings (SSSR count). The SMILES string of the molecule is O=C1C(=CC2=CC=C(N3Cc4[te]c5c(cnc6ccccc65)c4C3)C2)C(=O)c2ccccc21. The molecule has 158 valence electrons. The van der Waals surface area contributed by atoms with Gasteiger partial charge in [0.05, 0.1) is 0 Å². The minimum absolute atomic E-state index is 0.159. The molecule has 0 saturated heterocycles. The molecule has 2 aromatic carbocycles. The molecule has 0 atom stereocenters. The van der Waals surface area contributed by atoms with Crippen LogP contribution in [0.3, 0.4) is 0 Å². The summed E-state index contributed by atoms with van der Waals surface area (Å²) < 4.78 is 3.15. The molecule has 2 aliphatic carbocycles. The van der Waals surface area contributed by atoms with Crippen molar-refractivity contribution in [3.05, 3.63) is 110 Å². The number of rotatable bonds is 2. The van der Waals surface area contributed by atoms with Gasteiger partial charge in [0.15, 0.2) is 0 Å². The molecule has 0 spiro atoms. The number of carbonyl (C=O) groups is 2. The standard InChI is InChI=1S/C28H18N2O2Te/c31-26-18-5-1-2-6-19(18)27(32)21(26)12-16-9-10-17(11-16)30-14-23-22-13-29-24-8-4-3-7-20(24)28(22)33-25(23)15-30/h1-10,12-13H,11,14-15H2. The summed E-state index contributed by atoms with van der Waals surface area (Å²) in [7, 11) is 0. The number of allylic oxidation sites excluding steroid dienone is 5. The maximum atomic E-state index is 12.7.